The van der Waals surface area contributed by atoms with Gasteiger partial charge in [-0.2, -0.15) is 5.10 Å². The van der Waals surface area contributed by atoms with Gasteiger partial charge in [0.15, 0.2) is 0 Å². The third-order valence-corrected chi connectivity index (χ3v) is 5.82. The topological polar surface area (TPSA) is 57.5 Å². The van der Waals surface area contributed by atoms with Crippen molar-refractivity contribution in [2.45, 2.75) is 25.4 Å². The van der Waals surface area contributed by atoms with Crippen LogP contribution in [-0.2, 0) is 13.6 Å². The summed E-state index contributed by atoms with van der Waals surface area (Å²) in [7, 11) is 1.68. The minimum atomic E-state index is -0.0461. The molecule has 2 aliphatic rings. The van der Waals surface area contributed by atoms with Crippen molar-refractivity contribution in [1.29, 1.82) is 0 Å². The lowest BCUT2D eigenvalue weighted by molar-refractivity contribution is 0.0992. The third-order valence-electron chi connectivity index (χ3n) is 5.82. The van der Waals surface area contributed by atoms with E-state index in [2.05, 4.69) is 36.9 Å². The van der Waals surface area contributed by atoms with E-state index in [4.69, 9.17) is 0 Å². The van der Waals surface area contributed by atoms with Crippen LogP contribution in [0.25, 0.3) is 0 Å². The van der Waals surface area contributed by atoms with Crippen molar-refractivity contribution in [1.82, 2.24) is 24.6 Å². The summed E-state index contributed by atoms with van der Waals surface area (Å²) in [5.41, 5.74) is 2.06. The Morgan fingerprint density at radius 1 is 1.07 bits per heavy atom. The zero-order chi connectivity index (χ0) is 18.6. The Morgan fingerprint density at radius 2 is 1.85 bits per heavy atom. The maximum atomic E-state index is 11.8. The van der Waals surface area contributed by atoms with Crippen molar-refractivity contribution in [2.24, 2.45) is 7.05 Å². The van der Waals surface area contributed by atoms with Gasteiger partial charge in [-0.05, 0) is 25.0 Å². The molecule has 0 saturated carbocycles. The van der Waals surface area contributed by atoms with E-state index in [1.54, 1.807) is 19.3 Å². The molecule has 27 heavy (non-hydrogen) atoms. The van der Waals surface area contributed by atoms with Gasteiger partial charge in [-0.25, -0.2) is 4.68 Å². The highest BCUT2D eigenvalue weighted by atomic mass is 16.1. The molecule has 0 aliphatic carbocycles. The second-order valence-corrected chi connectivity index (χ2v) is 7.53. The van der Waals surface area contributed by atoms with Gasteiger partial charge in [0.05, 0.1) is 17.6 Å². The van der Waals surface area contributed by atoms with Crippen LogP contribution < -0.4 is 10.5 Å². The van der Waals surface area contributed by atoms with Crippen molar-refractivity contribution in [3.05, 3.63) is 52.7 Å². The van der Waals surface area contributed by atoms with Gasteiger partial charge in [0.1, 0.15) is 0 Å². The first-order chi connectivity index (χ1) is 13.2. The molecule has 7 heteroatoms. The molecule has 144 valence electrons. The smallest absolute Gasteiger partial charge is 0.268 e. The largest absolute Gasteiger partial charge is 0.368 e. The van der Waals surface area contributed by atoms with Crippen LogP contribution in [0.15, 0.2) is 41.5 Å². The Bertz CT molecular complexity index is 792. The predicted molar refractivity (Wildman–Crippen MR) is 106 cm³/mol. The zero-order valence-electron chi connectivity index (χ0n) is 16.0. The highest BCUT2D eigenvalue weighted by Crippen LogP contribution is 2.21. The van der Waals surface area contributed by atoms with Gasteiger partial charge in [-0.3, -0.25) is 19.6 Å². The maximum absolute atomic E-state index is 11.8. The van der Waals surface area contributed by atoms with Crippen LogP contribution >= 0.6 is 0 Å². The Labute approximate surface area is 160 Å². The van der Waals surface area contributed by atoms with Crippen molar-refractivity contribution < 1.29 is 0 Å². The summed E-state index contributed by atoms with van der Waals surface area (Å²) >= 11 is 0. The van der Waals surface area contributed by atoms with E-state index in [0.29, 0.717) is 6.04 Å². The Morgan fingerprint density at radius 3 is 2.52 bits per heavy atom. The number of pyridine rings is 1. The average Bonchev–Trinajstić information content (AvgIpc) is 2.72. The van der Waals surface area contributed by atoms with E-state index in [0.717, 1.165) is 57.2 Å². The number of nitrogens with zero attached hydrogens (tertiary/aromatic N) is 6. The van der Waals surface area contributed by atoms with Crippen molar-refractivity contribution >= 4 is 5.69 Å². The number of aryl methyl sites for hydroxylation is 1. The Hall–Kier alpha value is -2.25. The van der Waals surface area contributed by atoms with E-state index in [1.165, 1.54) is 17.5 Å². The minimum Gasteiger partial charge on any atom is -0.368 e. The van der Waals surface area contributed by atoms with Gasteiger partial charge in [0.25, 0.3) is 5.56 Å². The summed E-state index contributed by atoms with van der Waals surface area (Å²) in [6, 6.07) is 8.51. The lowest BCUT2D eigenvalue weighted by Crippen LogP contribution is -2.53. The molecule has 2 fully saturated rings. The molecule has 4 rings (SSSR count). The quantitative estimate of drug-likeness (QED) is 0.801. The number of hydrogen-bond acceptors (Lipinski definition) is 6. The van der Waals surface area contributed by atoms with Crippen LogP contribution in [0.4, 0.5) is 5.69 Å². The molecule has 0 bridgehead atoms. The minimum absolute atomic E-state index is 0.0461. The van der Waals surface area contributed by atoms with Gasteiger partial charge in [-0.15, -0.1) is 0 Å². The summed E-state index contributed by atoms with van der Waals surface area (Å²) in [6.45, 7) is 7.27. The van der Waals surface area contributed by atoms with E-state index < -0.39 is 0 Å². The first-order valence-corrected chi connectivity index (χ1v) is 9.84. The Balaban J connectivity index is 1.26. The van der Waals surface area contributed by atoms with E-state index in [-0.39, 0.29) is 5.56 Å². The standard InChI is InChI=1S/C20H28N6O/c1-23-20(27)14-19(15-22-23)26-12-10-25(11-13-26)18-5-8-24(9-6-18)16-17-4-2-3-7-21-17/h2-4,7,14-15,18H,5-6,8-13,16H2,1H3. The lowest BCUT2D eigenvalue weighted by Gasteiger charge is -2.43. The van der Waals surface area contributed by atoms with E-state index >= 15 is 0 Å². The molecule has 0 aromatic carbocycles. The molecule has 7 nitrogen and oxygen atoms in total. The molecule has 0 amide bonds. The maximum Gasteiger partial charge on any atom is 0.268 e. The van der Waals surface area contributed by atoms with Crippen LogP contribution in [0, 0.1) is 0 Å². The highest BCUT2D eigenvalue weighted by molar-refractivity contribution is 5.43. The molecule has 0 atom stereocenters. The summed E-state index contributed by atoms with van der Waals surface area (Å²) in [5, 5.41) is 4.14. The molecule has 0 spiro atoms. The Kier molecular flexibility index (Phi) is 5.50. The third kappa shape index (κ3) is 4.36. The molecule has 0 unspecified atom stereocenters. The fourth-order valence-corrected chi connectivity index (χ4v) is 4.14. The molecule has 2 aliphatic heterocycles. The van der Waals surface area contributed by atoms with Crippen LogP contribution in [0.5, 0.6) is 0 Å². The summed E-state index contributed by atoms with van der Waals surface area (Å²) in [5.74, 6) is 0. The fourth-order valence-electron chi connectivity index (χ4n) is 4.14. The number of hydrogen-bond donors (Lipinski definition) is 0. The molecule has 0 radical (unpaired) electrons. The van der Waals surface area contributed by atoms with Crippen LogP contribution in [0.3, 0.4) is 0 Å². The molecule has 0 N–H and O–H groups in total. The molecule has 4 heterocycles. The number of anilines is 1. The first kappa shape index (κ1) is 18.1. The summed E-state index contributed by atoms with van der Waals surface area (Å²) < 4.78 is 1.37. The average molecular weight is 368 g/mol. The van der Waals surface area contributed by atoms with Crippen molar-refractivity contribution in [3.8, 4) is 0 Å². The first-order valence-electron chi connectivity index (χ1n) is 9.84. The van der Waals surface area contributed by atoms with E-state index in [9.17, 15) is 4.79 Å². The number of likely N-dealkylation sites (tertiary alicyclic amines) is 1. The van der Waals surface area contributed by atoms with Crippen LogP contribution in [0.1, 0.15) is 18.5 Å². The van der Waals surface area contributed by atoms with Crippen molar-refractivity contribution in [3.63, 3.8) is 0 Å². The number of aromatic nitrogens is 3. The van der Waals surface area contributed by atoms with Crippen LogP contribution in [0.2, 0.25) is 0 Å². The molecular weight excluding hydrogens is 340 g/mol. The molecule has 2 aromatic heterocycles. The second-order valence-electron chi connectivity index (χ2n) is 7.53. The van der Waals surface area contributed by atoms with E-state index in [1.807, 2.05) is 12.3 Å². The predicted octanol–water partition coefficient (Wildman–Crippen LogP) is 0.962. The monoisotopic (exact) mass is 368 g/mol. The summed E-state index contributed by atoms with van der Waals surface area (Å²) in [6.07, 6.45) is 6.12. The van der Waals surface area contributed by atoms with Gasteiger partial charge < -0.3 is 4.90 Å². The van der Waals surface area contributed by atoms with Crippen LogP contribution in [-0.4, -0.2) is 69.9 Å². The van der Waals surface area contributed by atoms with Gasteiger partial charge in [-0.1, -0.05) is 6.07 Å². The van der Waals surface area contributed by atoms with Gasteiger partial charge in [0, 0.05) is 71.2 Å². The van der Waals surface area contributed by atoms with Gasteiger partial charge in [0.2, 0.25) is 0 Å². The molecule has 2 saturated heterocycles. The molecular formula is C20H28N6O. The normalized spacial score (nSPS) is 20.1. The fraction of sp³-hybridized carbons (Fsp3) is 0.550. The summed E-state index contributed by atoms with van der Waals surface area (Å²) in [4.78, 5) is 23.7. The number of piperazine rings is 1. The highest BCUT2D eigenvalue weighted by Gasteiger charge is 2.27. The van der Waals surface area contributed by atoms with Crippen molar-refractivity contribution in [2.75, 3.05) is 44.2 Å². The molecule has 2 aromatic rings. The SMILES string of the molecule is Cn1ncc(N2CCN(C3CCN(Cc4ccccn4)CC3)CC2)cc1=O. The lowest BCUT2D eigenvalue weighted by atomic mass is 10.0. The van der Waals surface area contributed by atoms with Gasteiger partial charge >= 0.3 is 0 Å². The zero-order valence-corrected chi connectivity index (χ0v) is 16.0. The second kappa shape index (κ2) is 8.19. The number of rotatable bonds is 4. The number of piperidine rings is 1.